The largest absolute Gasteiger partial charge is 0.458 e. The molecule has 0 spiro atoms. The van der Waals surface area contributed by atoms with Crippen LogP contribution in [0.1, 0.15) is 32.6 Å². The average Bonchev–Trinajstić information content (AvgIpc) is 2.83. The van der Waals surface area contributed by atoms with Crippen molar-refractivity contribution in [2.24, 2.45) is 11.8 Å². The fourth-order valence-corrected chi connectivity index (χ4v) is 2.63. The summed E-state index contributed by atoms with van der Waals surface area (Å²) in [4.78, 5) is 0. The van der Waals surface area contributed by atoms with Crippen LogP contribution in [0, 0.1) is 5.92 Å². The number of hydrogen-bond acceptors (Lipinski definition) is 4. The molecule has 2 rings (SSSR count). The Kier molecular flexibility index (Phi) is 5.05. The Morgan fingerprint density at radius 2 is 2.15 bits per heavy atom. The monoisotopic (exact) mass is 296 g/mol. The molecule has 5 heteroatoms. The lowest BCUT2D eigenvalue weighted by molar-refractivity contribution is -0.00192. The Morgan fingerprint density at radius 3 is 2.70 bits per heavy atom. The molecule has 0 radical (unpaired) electrons. The van der Waals surface area contributed by atoms with Gasteiger partial charge in [-0.3, -0.25) is 5.84 Å². The first-order chi connectivity index (χ1) is 9.58. The second-order valence-electron chi connectivity index (χ2n) is 5.12. The second-order valence-corrected chi connectivity index (χ2v) is 5.52. The quantitative estimate of drug-likeness (QED) is 0.631. The number of rotatable bonds is 6. The van der Waals surface area contributed by atoms with E-state index in [1.165, 1.54) is 0 Å². The zero-order chi connectivity index (χ0) is 14.7. The van der Waals surface area contributed by atoms with Gasteiger partial charge >= 0.3 is 0 Å². The molecule has 2 unspecified atom stereocenters. The summed E-state index contributed by atoms with van der Waals surface area (Å²) in [6, 6.07) is 7.42. The van der Waals surface area contributed by atoms with Gasteiger partial charge in [-0.1, -0.05) is 37.6 Å². The van der Waals surface area contributed by atoms with Crippen LogP contribution in [-0.2, 0) is 4.74 Å². The first-order valence-corrected chi connectivity index (χ1v) is 7.22. The fraction of sp³-hybridized carbons (Fsp3) is 0.467. The number of halogens is 1. The maximum Gasteiger partial charge on any atom is 0.152 e. The number of hydrazine groups is 1. The molecule has 0 aliphatic carbocycles. The van der Waals surface area contributed by atoms with Gasteiger partial charge in [-0.2, -0.15) is 0 Å². The Labute approximate surface area is 124 Å². The molecule has 0 saturated heterocycles. The summed E-state index contributed by atoms with van der Waals surface area (Å²) in [6.07, 6.45) is -0.0654. The predicted molar refractivity (Wildman–Crippen MR) is 81.5 cm³/mol. The minimum Gasteiger partial charge on any atom is -0.458 e. The number of benzene rings is 1. The summed E-state index contributed by atoms with van der Waals surface area (Å²) >= 11 is 6.14. The van der Waals surface area contributed by atoms with Gasteiger partial charge in [-0.05, 0) is 25.0 Å². The van der Waals surface area contributed by atoms with E-state index < -0.39 is 0 Å². The molecule has 20 heavy (non-hydrogen) atoms. The minimum absolute atomic E-state index is 0.0654. The highest BCUT2D eigenvalue weighted by atomic mass is 35.5. The van der Waals surface area contributed by atoms with Gasteiger partial charge in [0.25, 0.3) is 0 Å². The van der Waals surface area contributed by atoms with E-state index in [1.807, 2.05) is 31.2 Å². The summed E-state index contributed by atoms with van der Waals surface area (Å²) in [5, 5.41) is 1.56. The highest BCUT2D eigenvalue weighted by molar-refractivity contribution is 6.34. The van der Waals surface area contributed by atoms with Crippen molar-refractivity contribution < 1.29 is 9.15 Å². The van der Waals surface area contributed by atoms with Crippen molar-refractivity contribution in [1.82, 2.24) is 5.43 Å². The van der Waals surface area contributed by atoms with Crippen molar-refractivity contribution in [3.63, 3.8) is 0 Å². The van der Waals surface area contributed by atoms with E-state index in [-0.39, 0.29) is 12.1 Å². The molecule has 1 aromatic heterocycles. The first kappa shape index (κ1) is 15.3. The molecule has 110 valence electrons. The van der Waals surface area contributed by atoms with Crippen molar-refractivity contribution >= 4 is 22.6 Å². The van der Waals surface area contributed by atoms with E-state index in [2.05, 4.69) is 19.3 Å². The molecule has 0 bridgehead atoms. The Hall–Kier alpha value is -1.07. The SMILES string of the molecule is CCOC(C(C)C)C(NN)c1cc2cccc(Cl)c2o1. The Bertz CT molecular complexity index is 568. The van der Waals surface area contributed by atoms with Crippen molar-refractivity contribution in [3.05, 3.63) is 35.0 Å². The summed E-state index contributed by atoms with van der Waals surface area (Å²) in [7, 11) is 0. The van der Waals surface area contributed by atoms with Gasteiger partial charge in [0.05, 0.1) is 11.1 Å². The summed E-state index contributed by atoms with van der Waals surface area (Å²) in [5.74, 6) is 6.75. The zero-order valence-corrected chi connectivity index (χ0v) is 12.8. The van der Waals surface area contributed by atoms with Crippen molar-refractivity contribution in [3.8, 4) is 0 Å². The molecule has 2 atom stereocenters. The van der Waals surface area contributed by atoms with Crippen LogP contribution in [0.4, 0.5) is 0 Å². The van der Waals surface area contributed by atoms with Gasteiger partial charge in [-0.25, -0.2) is 5.43 Å². The number of nitrogens with two attached hydrogens (primary N) is 1. The topological polar surface area (TPSA) is 60.4 Å². The number of nitrogens with one attached hydrogen (secondary N) is 1. The van der Waals surface area contributed by atoms with Crippen LogP contribution in [0.2, 0.25) is 5.02 Å². The molecule has 1 heterocycles. The zero-order valence-electron chi connectivity index (χ0n) is 12.0. The third-order valence-corrected chi connectivity index (χ3v) is 3.64. The Morgan fingerprint density at radius 1 is 1.40 bits per heavy atom. The first-order valence-electron chi connectivity index (χ1n) is 6.84. The molecule has 4 nitrogen and oxygen atoms in total. The fourth-order valence-electron chi connectivity index (χ4n) is 2.41. The molecule has 0 aliphatic rings. The van der Waals surface area contributed by atoms with E-state index >= 15 is 0 Å². The lowest BCUT2D eigenvalue weighted by atomic mass is 9.98. The molecule has 0 saturated carbocycles. The lowest BCUT2D eigenvalue weighted by Crippen LogP contribution is -2.40. The normalized spacial score (nSPS) is 14.9. The van der Waals surface area contributed by atoms with E-state index in [0.29, 0.717) is 23.1 Å². The number of para-hydroxylation sites is 1. The highest BCUT2D eigenvalue weighted by Crippen LogP contribution is 2.32. The third-order valence-electron chi connectivity index (χ3n) is 3.35. The average molecular weight is 297 g/mol. The van der Waals surface area contributed by atoms with Crippen molar-refractivity contribution in [2.45, 2.75) is 32.9 Å². The van der Waals surface area contributed by atoms with Crippen LogP contribution in [0.25, 0.3) is 11.0 Å². The maximum absolute atomic E-state index is 6.14. The van der Waals surface area contributed by atoms with Gasteiger partial charge in [-0.15, -0.1) is 0 Å². The maximum atomic E-state index is 6.14. The summed E-state index contributed by atoms with van der Waals surface area (Å²) in [5.41, 5.74) is 3.49. The van der Waals surface area contributed by atoms with Crippen LogP contribution >= 0.6 is 11.6 Å². The van der Waals surface area contributed by atoms with Gasteiger partial charge in [0.1, 0.15) is 11.8 Å². The van der Waals surface area contributed by atoms with Crippen molar-refractivity contribution in [2.75, 3.05) is 6.61 Å². The van der Waals surface area contributed by atoms with Crippen LogP contribution in [-0.4, -0.2) is 12.7 Å². The molecular weight excluding hydrogens is 276 g/mol. The summed E-state index contributed by atoms with van der Waals surface area (Å²) < 4.78 is 11.7. The Balaban J connectivity index is 2.40. The molecule has 2 aromatic rings. The van der Waals surface area contributed by atoms with E-state index in [1.54, 1.807) is 0 Å². The van der Waals surface area contributed by atoms with Crippen LogP contribution < -0.4 is 11.3 Å². The van der Waals surface area contributed by atoms with E-state index in [0.717, 1.165) is 11.1 Å². The smallest absolute Gasteiger partial charge is 0.152 e. The van der Waals surface area contributed by atoms with Gasteiger partial charge in [0.15, 0.2) is 5.58 Å². The van der Waals surface area contributed by atoms with Crippen molar-refractivity contribution in [1.29, 1.82) is 0 Å². The van der Waals surface area contributed by atoms with Crippen LogP contribution in [0.15, 0.2) is 28.7 Å². The number of furan rings is 1. The van der Waals surface area contributed by atoms with E-state index in [9.17, 15) is 0 Å². The molecule has 0 aliphatic heterocycles. The predicted octanol–water partition coefficient (Wildman–Crippen LogP) is 3.65. The van der Waals surface area contributed by atoms with E-state index in [4.69, 9.17) is 26.6 Å². The lowest BCUT2D eigenvalue weighted by Gasteiger charge is -2.28. The molecule has 1 aromatic carbocycles. The second kappa shape index (κ2) is 6.59. The molecule has 0 amide bonds. The molecule has 0 fully saturated rings. The van der Waals surface area contributed by atoms with Gasteiger partial charge < -0.3 is 9.15 Å². The minimum atomic E-state index is -0.210. The highest BCUT2D eigenvalue weighted by Gasteiger charge is 2.28. The molecular formula is C15H21ClN2O2. The van der Waals surface area contributed by atoms with Crippen LogP contribution in [0.3, 0.4) is 0 Å². The van der Waals surface area contributed by atoms with Crippen LogP contribution in [0.5, 0.6) is 0 Å². The third kappa shape index (κ3) is 2.99. The van der Waals surface area contributed by atoms with Gasteiger partial charge in [0.2, 0.25) is 0 Å². The number of hydrogen-bond donors (Lipinski definition) is 2. The standard InChI is InChI=1S/C15H21ClN2O2/c1-4-19-14(9(2)3)13(18-17)12-8-10-6-5-7-11(16)15(10)20-12/h5-9,13-14,18H,4,17H2,1-3H3. The van der Waals surface area contributed by atoms with Gasteiger partial charge in [0, 0.05) is 12.0 Å². The summed E-state index contributed by atoms with van der Waals surface area (Å²) in [6.45, 7) is 6.79. The molecule has 3 N–H and O–H groups in total. The number of fused-ring (bicyclic) bond motifs is 1. The number of ether oxygens (including phenoxy) is 1.